The molecule has 2 aromatic heterocycles. The molecule has 4 nitrogen and oxygen atoms in total. The molecule has 0 spiro atoms. The minimum absolute atomic E-state index is 0.436. The highest BCUT2D eigenvalue weighted by Crippen LogP contribution is 2.24. The second kappa shape index (κ2) is 6.53. The third-order valence-electron chi connectivity index (χ3n) is 2.36. The summed E-state index contributed by atoms with van der Waals surface area (Å²) < 4.78 is 0. The normalized spacial score (nSPS) is 9.58. The van der Waals surface area contributed by atoms with Crippen LogP contribution in [0, 0.1) is 22.7 Å². The van der Waals surface area contributed by atoms with Crippen molar-refractivity contribution >= 4 is 11.8 Å². The van der Waals surface area contributed by atoms with Crippen molar-refractivity contribution in [1.29, 1.82) is 10.5 Å². The highest BCUT2D eigenvalue weighted by molar-refractivity contribution is 7.99. The van der Waals surface area contributed by atoms with Gasteiger partial charge in [-0.2, -0.15) is 10.5 Å². The van der Waals surface area contributed by atoms with Crippen molar-refractivity contribution in [3.8, 4) is 23.5 Å². The number of nitrogens with zero attached hydrogens (tertiary/aromatic N) is 4. The summed E-state index contributed by atoms with van der Waals surface area (Å²) in [6, 6.07) is 13.3. The standard InChI is InChI=1S/C14H10N4S/c15-7-3-9-19-14-11(10-16)5-6-13(18-14)12-4-1-2-8-17-12/h1-2,4-6,8H,3,9H2. The number of hydrogen-bond acceptors (Lipinski definition) is 5. The molecule has 0 saturated carbocycles. The zero-order valence-corrected chi connectivity index (χ0v) is 10.9. The molecule has 19 heavy (non-hydrogen) atoms. The second-order valence-corrected chi connectivity index (χ2v) is 4.72. The van der Waals surface area contributed by atoms with E-state index in [0.717, 1.165) is 11.4 Å². The van der Waals surface area contributed by atoms with Crippen molar-refractivity contribution in [3.63, 3.8) is 0 Å². The topological polar surface area (TPSA) is 73.4 Å². The van der Waals surface area contributed by atoms with Crippen LogP contribution in [-0.4, -0.2) is 15.7 Å². The van der Waals surface area contributed by atoms with Crippen molar-refractivity contribution in [3.05, 3.63) is 42.1 Å². The number of thioether (sulfide) groups is 1. The van der Waals surface area contributed by atoms with Crippen molar-refractivity contribution < 1.29 is 0 Å². The van der Waals surface area contributed by atoms with Gasteiger partial charge in [-0.05, 0) is 24.3 Å². The fraction of sp³-hybridized carbons (Fsp3) is 0.143. The van der Waals surface area contributed by atoms with E-state index in [4.69, 9.17) is 10.5 Å². The lowest BCUT2D eigenvalue weighted by molar-refractivity contribution is 1.10. The molecule has 92 valence electrons. The SMILES string of the molecule is N#CCCSc1nc(-c2ccccn2)ccc1C#N. The maximum absolute atomic E-state index is 9.05. The first-order chi connectivity index (χ1) is 9.35. The van der Waals surface area contributed by atoms with Gasteiger partial charge in [-0.1, -0.05) is 6.07 Å². The highest BCUT2D eigenvalue weighted by atomic mass is 32.2. The van der Waals surface area contributed by atoms with E-state index >= 15 is 0 Å². The van der Waals surface area contributed by atoms with Crippen LogP contribution in [0.3, 0.4) is 0 Å². The van der Waals surface area contributed by atoms with E-state index < -0.39 is 0 Å². The Morgan fingerprint density at radius 1 is 1.11 bits per heavy atom. The van der Waals surface area contributed by atoms with E-state index in [9.17, 15) is 0 Å². The lowest BCUT2D eigenvalue weighted by Crippen LogP contribution is -1.93. The third-order valence-corrected chi connectivity index (χ3v) is 3.35. The fourth-order valence-electron chi connectivity index (χ4n) is 1.49. The van der Waals surface area contributed by atoms with Gasteiger partial charge in [0.15, 0.2) is 0 Å². The predicted octanol–water partition coefficient (Wildman–Crippen LogP) is 3.02. The Bertz CT molecular complexity index is 641. The van der Waals surface area contributed by atoms with Crippen LogP contribution in [0.1, 0.15) is 12.0 Å². The Balaban J connectivity index is 2.31. The average molecular weight is 266 g/mol. The monoisotopic (exact) mass is 266 g/mol. The van der Waals surface area contributed by atoms with Crippen LogP contribution in [0.5, 0.6) is 0 Å². The maximum atomic E-state index is 9.05. The third kappa shape index (κ3) is 3.31. The lowest BCUT2D eigenvalue weighted by atomic mass is 10.2. The van der Waals surface area contributed by atoms with Gasteiger partial charge in [0.25, 0.3) is 0 Å². The van der Waals surface area contributed by atoms with E-state index in [1.807, 2.05) is 18.2 Å². The van der Waals surface area contributed by atoms with E-state index in [1.165, 1.54) is 11.8 Å². The smallest absolute Gasteiger partial charge is 0.115 e. The molecule has 0 saturated heterocycles. The maximum Gasteiger partial charge on any atom is 0.115 e. The van der Waals surface area contributed by atoms with E-state index in [-0.39, 0.29) is 0 Å². The molecular weight excluding hydrogens is 256 g/mol. The molecule has 0 radical (unpaired) electrons. The molecule has 0 amide bonds. The predicted molar refractivity (Wildman–Crippen MR) is 73.1 cm³/mol. The van der Waals surface area contributed by atoms with Gasteiger partial charge in [0.2, 0.25) is 0 Å². The van der Waals surface area contributed by atoms with Gasteiger partial charge < -0.3 is 0 Å². The first-order valence-corrected chi connectivity index (χ1v) is 6.66. The number of hydrogen-bond donors (Lipinski definition) is 0. The number of nitriles is 2. The van der Waals surface area contributed by atoms with E-state index in [0.29, 0.717) is 22.8 Å². The molecule has 0 atom stereocenters. The van der Waals surface area contributed by atoms with E-state index in [1.54, 1.807) is 18.3 Å². The Hall–Kier alpha value is -2.37. The highest BCUT2D eigenvalue weighted by Gasteiger charge is 2.08. The molecule has 2 rings (SSSR count). The molecule has 5 heteroatoms. The second-order valence-electron chi connectivity index (χ2n) is 3.63. The van der Waals surface area contributed by atoms with Gasteiger partial charge in [0.1, 0.15) is 11.1 Å². The first-order valence-electron chi connectivity index (χ1n) is 5.67. The van der Waals surface area contributed by atoms with Crippen LogP contribution in [0.25, 0.3) is 11.4 Å². The summed E-state index contributed by atoms with van der Waals surface area (Å²) in [4.78, 5) is 8.69. The summed E-state index contributed by atoms with van der Waals surface area (Å²) in [7, 11) is 0. The molecule has 0 fully saturated rings. The minimum Gasteiger partial charge on any atom is -0.255 e. The quantitative estimate of drug-likeness (QED) is 0.628. The van der Waals surface area contributed by atoms with Crippen LogP contribution in [-0.2, 0) is 0 Å². The van der Waals surface area contributed by atoms with Crippen LogP contribution in [0.15, 0.2) is 41.6 Å². The Labute approximate surface area is 115 Å². The van der Waals surface area contributed by atoms with Gasteiger partial charge in [-0.3, -0.25) is 4.98 Å². The van der Waals surface area contributed by atoms with Gasteiger partial charge in [0, 0.05) is 18.4 Å². The molecule has 0 aliphatic heterocycles. The number of aromatic nitrogens is 2. The fourth-order valence-corrected chi connectivity index (χ4v) is 2.30. The Morgan fingerprint density at radius 3 is 2.68 bits per heavy atom. The van der Waals surface area contributed by atoms with E-state index in [2.05, 4.69) is 22.1 Å². The summed E-state index contributed by atoms with van der Waals surface area (Å²) in [5.74, 6) is 0.629. The van der Waals surface area contributed by atoms with Crippen molar-refractivity contribution in [2.75, 3.05) is 5.75 Å². The minimum atomic E-state index is 0.436. The molecule has 2 aromatic rings. The van der Waals surface area contributed by atoms with Gasteiger partial charge in [-0.15, -0.1) is 11.8 Å². The summed E-state index contributed by atoms with van der Waals surface area (Å²) in [5.41, 5.74) is 2.04. The summed E-state index contributed by atoms with van der Waals surface area (Å²) >= 11 is 1.42. The van der Waals surface area contributed by atoms with Crippen LogP contribution < -0.4 is 0 Å². The zero-order chi connectivity index (χ0) is 13.5. The zero-order valence-electron chi connectivity index (χ0n) is 10.1. The number of rotatable bonds is 4. The van der Waals surface area contributed by atoms with Gasteiger partial charge >= 0.3 is 0 Å². The lowest BCUT2D eigenvalue weighted by Gasteiger charge is -2.05. The molecule has 0 unspecified atom stereocenters. The van der Waals surface area contributed by atoms with Crippen molar-refractivity contribution in [2.24, 2.45) is 0 Å². The van der Waals surface area contributed by atoms with Gasteiger partial charge in [0.05, 0.1) is 23.0 Å². The van der Waals surface area contributed by atoms with Gasteiger partial charge in [-0.25, -0.2) is 4.98 Å². The molecule has 0 bridgehead atoms. The molecule has 2 heterocycles. The van der Waals surface area contributed by atoms with Crippen LogP contribution in [0.2, 0.25) is 0 Å². The summed E-state index contributed by atoms with van der Waals surface area (Å²) in [6.45, 7) is 0. The Kier molecular flexibility index (Phi) is 4.49. The first kappa shape index (κ1) is 13.1. The summed E-state index contributed by atoms with van der Waals surface area (Å²) in [6.07, 6.45) is 2.14. The van der Waals surface area contributed by atoms with Crippen molar-refractivity contribution in [2.45, 2.75) is 11.4 Å². The van der Waals surface area contributed by atoms with Crippen molar-refractivity contribution in [1.82, 2.24) is 9.97 Å². The average Bonchev–Trinajstić information content (AvgIpc) is 2.48. The summed E-state index contributed by atoms with van der Waals surface area (Å²) in [5, 5.41) is 18.3. The Morgan fingerprint density at radius 2 is 2.00 bits per heavy atom. The van der Waals surface area contributed by atoms with Crippen LogP contribution in [0.4, 0.5) is 0 Å². The largest absolute Gasteiger partial charge is 0.255 e. The molecule has 0 aliphatic carbocycles. The molecular formula is C14H10N4S. The molecule has 0 aliphatic rings. The van der Waals surface area contributed by atoms with Crippen LogP contribution >= 0.6 is 11.8 Å². The molecule has 0 N–H and O–H groups in total. The number of pyridine rings is 2. The molecule has 0 aromatic carbocycles.